The molecule has 2 aromatic rings. The van der Waals surface area contributed by atoms with Crippen molar-refractivity contribution in [3.63, 3.8) is 0 Å². The Kier molecular flexibility index (Phi) is 5.63. The predicted molar refractivity (Wildman–Crippen MR) is 109 cm³/mol. The SMILES string of the molecule is CC1=C(C(=O)Nc2ccccc2C(C)C)[C@@H](c2cccc([N+](=O)[O-])c2)NC(=O)N1. The number of nitrogens with one attached hydrogen (secondary N) is 3. The van der Waals surface area contributed by atoms with Crippen LogP contribution in [0.4, 0.5) is 16.2 Å². The van der Waals surface area contributed by atoms with Crippen LogP contribution in [0, 0.1) is 10.1 Å². The van der Waals surface area contributed by atoms with Gasteiger partial charge in [-0.25, -0.2) is 4.79 Å². The lowest BCUT2D eigenvalue weighted by Crippen LogP contribution is -2.46. The molecule has 0 saturated heterocycles. The summed E-state index contributed by atoms with van der Waals surface area (Å²) in [7, 11) is 0. The molecular weight excluding hydrogens is 372 g/mol. The van der Waals surface area contributed by atoms with E-state index in [1.807, 2.05) is 38.1 Å². The van der Waals surface area contributed by atoms with Gasteiger partial charge >= 0.3 is 6.03 Å². The van der Waals surface area contributed by atoms with Crippen LogP contribution < -0.4 is 16.0 Å². The molecule has 3 N–H and O–H groups in total. The number of nitro benzene ring substituents is 1. The van der Waals surface area contributed by atoms with Crippen LogP contribution in [-0.2, 0) is 4.79 Å². The summed E-state index contributed by atoms with van der Waals surface area (Å²) >= 11 is 0. The van der Waals surface area contributed by atoms with Crippen molar-refractivity contribution in [1.82, 2.24) is 10.6 Å². The van der Waals surface area contributed by atoms with Crippen LogP contribution in [0.5, 0.6) is 0 Å². The maximum Gasteiger partial charge on any atom is 0.319 e. The fourth-order valence-corrected chi connectivity index (χ4v) is 3.37. The zero-order valence-corrected chi connectivity index (χ0v) is 16.4. The largest absolute Gasteiger partial charge is 0.327 e. The summed E-state index contributed by atoms with van der Waals surface area (Å²) in [5.41, 5.74) is 2.70. The third kappa shape index (κ3) is 4.26. The minimum Gasteiger partial charge on any atom is -0.327 e. The van der Waals surface area contributed by atoms with E-state index in [2.05, 4.69) is 16.0 Å². The number of non-ortho nitro benzene ring substituents is 1. The van der Waals surface area contributed by atoms with Gasteiger partial charge < -0.3 is 16.0 Å². The molecule has 0 aliphatic carbocycles. The van der Waals surface area contributed by atoms with Crippen LogP contribution in [0.15, 0.2) is 59.8 Å². The molecule has 0 fully saturated rings. The molecule has 8 heteroatoms. The molecule has 1 aliphatic rings. The van der Waals surface area contributed by atoms with Crippen molar-refractivity contribution < 1.29 is 14.5 Å². The number of anilines is 1. The van der Waals surface area contributed by atoms with Crippen molar-refractivity contribution in [2.24, 2.45) is 0 Å². The molecule has 1 aliphatic heterocycles. The molecule has 2 aromatic carbocycles. The van der Waals surface area contributed by atoms with E-state index >= 15 is 0 Å². The van der Waals surface area contributed by atoms with E-state index in [4.69, 9.17) is 0 Å². The first kappa shape index (κ1) is 20.1. The first-order valence-electron chi connectivity index (χ1n) is 9.21. The van der Waals surface area contributed by atoms with Crippen molar-refractivity contribution in [2.75, 3.05) is 5.32 Å². The lowest BCUT2D eigenvalue weighted by atomic mass is 9.94. The average molecular weight is 394 g/mol. The number of hydrogen-bond donors (Lipinski definition) is 3. The Morgan fingerprint density at radius 3 is 2.59 bits per heavy atom. The predicted octanol–water partition coefficient (Wildman–Crippen LogP) is 3.98. The Bertz CT molecular complexity index is 1010. The van der Waals surface area contributed by atoms with E-state index in [0.717, 1.165) is 5.56 Å². The third-order valence-corrected chi connectivity index (χ3v) is 4.76. The monoisotopic (exact) mass is 394 g/mol. The Balaban J connectivity index is 1.99. The minimum atomic E-state index is -0.810. The van der Waals surface area contributed by atoms with Crippen LogP contribution in [0.1, 0.15) is 43.9 Å². The van der Waals surface area contributed by atoms with Crippen molar-refractivity contribution >= 4 is 23.3 Å². The number of rotatable bonds is 5. The number of nitro groups is 1. The van der Waals surface area contributed by atoms with Crippen LogP contribution in [0.2, 0.25) is 0 Å². The van der Waals surface area contributed by atoms with Crippen molar-refractivity contribution in [3.05, 3.63) is 81.0 Å². The molecule has 0 spiro atoms. The molecule has 0 radical (unpaired) electrons. The highest BCUT2D eigenvalue weighted by Gasteiger charge is 2.32. The molecule has 0 unspecified atom stereocenters. The second-order valence-corrected chi connectivity index (χ2v) is 7.12. The van der Waals surface area contributed by atoms with E-state index in [0.29, 0.717) is 22.5 Å². The summed E-state index contributed by atoms with van der Waals surface area (Å²) in [4.78, 5) is 35.8. The lowest BCUT2D eigenvalue weighted by Gasteiger charge is -2.29. The Hall–Kier alpha value is -3.68. The number of hydrogen-bond acceptors (Lipinski definition) is 4. The number of amides is 3. The molecular formula is C21H22N4O4. The lowest BCUT2D eigenvalue weighted by molar-refractivity contribution is -0.384. The zero-order valence-electron chi connectivity index (χ0n) is 16.4. The summed E-state index contributed by atoms with van der Waals surface area (Å²) in [6.07, 6.45) is 0. The molecule has 0 bridgehead atoms. The number of nitrogens with zero attached hydrogens (tertiary/aromatic N) is 1. The van der Waals surface area contributed by atoms with E-state index in [1.54, 1.807) is 13.0 Å². The number of urea groups is 1. The molecule has 0 aromatic heterocycles. The molecule has 3 rings (SSSR count). The summed E-state index contributed by atoms with van der Waals surface area (Å²) < 4.78 is 0. The summed E-state index contributed by atoms with van der Waals surface area (Å²) in [6.45, 7) is 5.69. The van der Waals surface area contributed by atoms with Crippen molar-refractivity contribution in [1.29, 1.82) is 0 Å². The number of allylic oxidation sites excluding steroid dienone is 1. The van der Waals surface area contributed by atoms with Crippen LogP contribution >= 0.6 is 0 Å². The Morgan fingerprint density at radius 2 is 1.90 bits per heavy atom. The van der Waals surface area contributed by atoms with Gasteiger partial charge in [-0.3, -0.25) is 14.9 Å². The van der Waals surface area contributed by atoms with Gasteiger partial charge in [-0.2, -0.15) is 0 Å². The number of carbonyl (C=O) groups is 2. The van der Waals surface area contributed by atoms with Crippen LogP contribution in [-0.4, -0.2) is 16.9 Å². The highest BCUT2D eigenvalue weighted by Crippen LogP contribution is 2.31. The second-order valence-electron chi connectivity index (χ2n) is 7.12. The zero-order chi connectivity index (χ0) is 21.1. The van der Waals surface area contributed by atoms with Gasteiger partial charge in [-0.15, -0.1) is 0 Å². The molecule has 8 nitrogen and oxygen atoms in total. The molecule has 3 amide bonds. The average Bonchev–Trinajstić information content (AvgIpc) is 2.67. The number of para-hydroxylation sites is 1. The van der Waals surface area contributed by atoms with Gasteiger partial charge in [-0.1, -0.05) is 44.2 Å². The topological polar surface area (TPSA) is 113 Å². The Labute approximate surface area is 168 Å². The van der Waals surface area contributed by atoms with E-state index in [1.165, 1.54) is 18.2 Å². The van der Waals surface area contributed by atoms with Gasteiger partial charge in [0.05, 0.1) is 16.5 Å². The fraction of sp³-hybridized carbons (Fsp3) is 0.238. The molecule has 29 heavy (non-hydrogen) atoms. The molecule has 0 saturated carbocycles. The standard InChI is InChI=1S/C21H22N4O4/c1-12(2)16-9-4-5-10-17(16)23-20(26)18-13(3)22-21(27)24-19(18)14-7-6-8-15(11-14)25(28)29/h4-12,19H,1-3H3,(H,23,26)(H2,22,24,27)/t19-/m1/s1. The first-order chi connectivity index (χ1) is 13.8. The summed E-state index contributed by atoms with van der Waals surface area (Å²) in [6, 6.07) is 12.1. The van der Waals surface area contributed by atoms with Crippen LogP contribution in [0.3, 0.4) is 0 Å². The second kappa shape index (κ2) is 8.14. The smallest absolute Gasteiger partial charge is 0.319 e. The van der Waals surface area contributed by atoms with Gasteiger partial charge in [0, 0.05) is 23.5 Å². The van der Waals surface area contributed by atoms with E-state index < -0.39 is 17.0 Å². The van der Waals surface area contributed by atoms with Crippen molar-refractivity contribution in [2.45, 2.75) is 32.7 Å². The van der Waals surface area contributed by atoms with Crippen molar-refractivity contribution in [3.8, 4) is 0 Å². The maximum absolute atomic E-state index is 13.2. The highest BCUT2D eigenvalue weighted by atomic mass is 16.6. The number of carbonyl (C=O) groups excluding carboxylic acids is 2. The first-order valence-corrected chi connectivity index (χ1v) is 9.21. The van der Waals surface area contributed by atoms with Gasteiger partial charge in [0.2, 0.25) is 0 Å². The highest BCUT2D eigenvalue weighted by molar-refractivity contribution is 6.07. The molecule has 1 heterocycles. The maximum atomic E-state index is 13.2. The number of benzene rings is 2. The van der Waals surface area contributed by atoms with Gasteiger partial charge in [0.15, 0.2) is 0 Å². The minimum absolute atomic E-state index is 0.113. The molecule has 150 valence electrons. The summed E-state index contributed by atoms with van der Waals surface area (Å²) in [5, 5.41) is 19.4. The normalized spacial score (nSPS) is 16.3. The summed E-state index contributed by atoms with van der Waals surface area (Å²) in [5.74, 6) is -0.182. The Morgan fingerprint density at radius 1 is 1.17 bits per heavy atom. The van der Waals surface area contributed by atoms with Crippen LogP contribution in [0.25, 0.3) is 0 Å². The van der Waals surface area contributed by atoms with Gasteiger partial charge in [0.25, 0.3) is 11.6 Å². The van der Waals surface area contributed by atoms with E-state index in [9.17, 15) is 19.7 Å². The van der Waals surface area contributed by atoms with E-state index in [-0.39, 0.29) is 17.5 Å². The fourth-order valence-electron chi connectivity index (χ4n) is 3.37. The molecule has 1 atom stereocenters. The quantitative estimate of drug-likeness (QED) is 0.526. The van der Waals surface area contributed by atoms with Gasteiger partial charge in [0.1, 0.15) is 0 Å². The third-order valence-electron chi connectivity index (χ3n) is 4.76. The van der Waals surface area contributed by atoms with Gasteiger partial charge in [-0.05, 0) is 30.0 Å².